The van der Waals surface area contributed by atoms with Gasteiger partial charge < -0.3 is 5.11 Å². The Bertz CT molecular complexity index is 661. The zero-order valence-electron chi connectivity index (χ0n) is 14.3. The first-order valence-electron chi connectivity index (χ1n) is 8.03. The largest absolute Gasteiger partial charge is 0.507 e. The lowest BCUT2D eigenvalue weighted by Crippen LogP contribution is -2.27. The molecule has 0 amide bonds. The number of phenols is 1. The van der Waals surface area contributed by atoms with Crippen LogP contribution in [0, 0.1) is 20.8 Å². The van der Waals surface area contributed by atoms with Gasteiger partial charge in [0.1, 0.15) is 13.6 Å². The number of hydrogen-bond acceptors (Lipinski definition) is 1. The van der Waals surface area contributed by atoms with E-state index in [1.807, 2.05) is 19.9 Å². The minimum absolute atomic E-state index is 0.0400. The van der Waals surface area contributed by atoms with E-state index in [2.05, 4.69) is 45.0 Å². The molecule has 0 atom stereocenters. The topological polar surface area (TPSA) is 20.2 Å². The molecule has 1 nitrogen and oxygen atoms in total. The Morgan fingerprint density at radius 3 is 1.82 bits per heavy atom. The lowest BCUT2D eigenvalue weighted by Gasteiger charge is -2.34. The lowest BCUT2D eigenvalue weighted by atomic mass is 9.69. The SMILES string of the molecule is [B]c1ccc(C(CC)(CC)c2cc(C)c(O)c(C)c2)cc1C. The highest BCUT2D eigenvalue weighted by molar-refractivity contribution is 6.33. The van der Waals surface area contributed by atoms with Crippen LogP contribution < -0.4 is 5.46 Å². The third kappa shape index (κ3) is 2.67. The average Bonchev–Trinajstić information content (AvgIpc) is 2.50. The molecule has 0 aliphatic rings. The van der Waals surface area contributed by atoms with Gasteiger partial charge >= 0.3 is 0 Å². The number of hydrogen-bond donors (Lipinski definition) is 1. The van der Waals surface area contributed by atoms with Crippen LogP contribution in [-0.2, 0) is 5.41 Å². The molecule has 0 spiro atoms. The van der Waals surface area contributed by atoms with Gasteiger partial charge in [0.05, 0.1) is 0 Å². The van der Waals surface area contributed by atoms with Gasteiger partial charge in [0.25, 0.3) is 0 Å². The van der Waals surface area contributed by atoms with Crippen molar-refractivity contribution in [1.82, 2.24) is 0 Å². The van der Waals surface area contributed by atoms with Crippen LogP contribution >= 0.6 is 0 Å². The smallest absolute Gasteiger partial charge is 0.121 e. The Hall–Kier alpha value is -1.70. The lowest BCUT2D eigenvalue weighted by molar-refractivity contribution is 0.458. The molecule has 0 aromatic heterocycles. The standard InChI is InChI=1S/C20H25BO/c1-6-20(7-2,16-8-9-18(21)13(3)10-16)17-11-14(4)19(22)15(5)12-17/h8-12,22H,6-7H2,1-5H3. The molecule has 2 rings (SSSR count). The second-order valence-electron chi connectivity index (χ2n) is 6.32. The molecule has 0 saturated carbocycles. The minimum Gasteiger partial charge on any atom is -0.507 e. The summed E-state index contributed by atoms with van der Waals surface area (Å²) in [7, 11) is 5.99. The van der Waals surface area contributed by atoms with Crippen LogP contribution in [0.2, 0.25) is 0 Å². The van der Waals surface area contributed by atoms with E-state index in [-0.39, 0.29) is 5.41 Å². The summed E-state index contributed by atoms with van der Waals surface area (Å²) >= 11 is 0. The number of aromatic hydroxyl groups is 1. The monoisotopic (exact) mass is 292 g/mol. The zero-order valence-corrected chi connectivity index (χ0v) is 14.3. The van der Waals surface area contributed by atoms with Gasteiger partial charge in [0, 0.05) is 5.41 Å². The van der Waals surface area contributed by atoms with Crippen molar-refractivity contribution < 1.29 is 5.11 Å². The Morgan fingerprint density at radius 1 is 0.864 bits per heavy atom. The Balaban J connectivity index is 2.69. The summed E-state index contributed by atoms with van der Waals surface area (Å²) < 4.78 is 0. The fourth-order valence-corrected chi connectivity index (χ4v) is 3.44. The molecular weight excluding hydrogens is 267 g/mol. The third-order valence-corrected chi connectivity index (χ3v) is 5.07. The summed E-state index contributed by atoms with van der Waals surface area (Å²) in [6.07, 6.45) is 2.02. The van der Waals surface area contributed by atoms with Crippen LogP contribution in [0.5, 0.6) is 5.75 Å². The van der Waals surface area contributed by atoms with E-state index in [0.717, 1.165) is 35.0 Å². The van der Waals surface area contributed by atoms with E-state index in [0.29, 0.717) is 5.75 Å². The van der Waals surface area contributed by atoms with Crippen LogP contribution in [-0.4, -0.2) is 13.0 Å². The van der Waals surface area contributed by atoms with Gasteiger partial charge in [-0.1, -0.05) is 55.2 Å². The maximum Gasteiger partial charge on any atom is 0.121 e. The molecule has 1 N–H and O–H groups in total. The van der Waals surface area contributed by atoms with Crippen molar-refractivity contribution in [3.8, 4) is 5.75 Å². The van der Waals surface area contributed by atoms with Crippen LogP contribution in [0.25, 0.3) is 0 Å². The number of rotatable bonds is 4. The predicted octanol–water partition coefficient (Wildman–Crippen LogP) is 4.22. The van der Waals surface area contributed by atoms with E-state index >= 15 is 0 Å². The summed E-state index contributed by atoms with van der Waals surface area (Å²) in [5.41, 5.74) is 6.37. The molecule has 2 aromatic rings. The van der Waals surface area contributed by atoms with E-state index in [1.165, 1.54) is 11.1 Å². The number of benzene rings is 2. The predicted molar refractivity (Wildman–Crippen MR) is 95.5 cm³/mol. The van der Waals surface area contributed by atoms with Crippen molar-refractivity contribution >= 4 is 13.3 Å². The summed E-state index contributed by atoms with van der Waals surface area (Å²) in [5.74, 6) is 0.401. The van der Waals surface area contributed by atoms with Gasteiger partial charge in [-0.25, -0.2) is 0 Å². The maximum atomic E-state index is 10.1. The molecule has 2 aromatic carbocycles. The highest BCUT2D eigenvalue weighted by Gasteiger charge is 2.31. The maximum absolute atomic E-state index is 10.1. The summed E-state index contributed by atoms with van der Waals surface area (Å²) in [6.45, 7) is 10.5. The zero-order chi connectivity index (χ0) is 16.5. The van der Waals surface area contributed by atoms with Gasteiger partial charge in [-0.3, -0.25) is 0 Å². The summed E-state index contributed by atoms with van der Waals surface area (Å²) in [4.78, 5) is 0. The molecule has 22 heavy (non-hydrogen) atoms. The second-order valence-corrected chi connectivity index (χ2v) is 6.32. The van der Waals surface area contributed by atoms with Crippen molar-refractivity contribution in [2.75, 3.05) is 0 Å². The third-order valence-electron chi connectivity index (χ3n) is 5.07. The van der Waals surface area contributed by atoms with Crippen LogP contribution in [0.1, 0.15) is 54.5 Å². The molecule has 2 radical (unpaired) electrons. The van der Waals surface area contributed by atoms with E-state index in [1.54, 1.807) is 0 Å². The number of aryl methyl sites for hydroxylation is 3. The first-order chi connectivity index (χ1) is 10.4. The van der Waals surface area contributed by atoms with E-state index < -0.39 is 0 Å². The molecule has 0 heterocycles. The Labute approximate surface area is 135 Å². The highest BCUT2D eigenvalue weighted by atomic mass is 16.3. The highest BCUT2D eigenvalue weighted by Crippen LogP contribution is 2.41. The molecule has 0 aliphatic carbocycles. The summed E-state index contributed by atoms with van der Waals surface area (Å²) in [5, 5.41) is 10.1. The van der Waals surface area contributed by atoms with Crippen LogP contribution in [0.15, 0.2) is 30.3 Å². The molecule has 0 aliphatic heterocycles. The van der Waals surface area contributed by atoms with Gasteiger partial charge in [-0.15, -0.1) is 0 Å². The van der Waals surface area contributed by atoms with Gasteiger partial charge in [0.15, 0.2) is 0 Å². The van der Waals surface area contributed by atoms with Crippen molar-refractivity contribution in [2.45, 2.75) is 52.9 Å². The number of phenolic OH excluding ortho intramolecular Hbond substituents is 1. The fourth-order valence-electron chi connectivity index (χ4n) is 3.44. The molecule has 0 fully saturated rings. The average molecular weight is 292 g/mol. The quantitative estimate of drug-likeness (QED) is 0.837. The summed E-state index contributed by atoms with van der Waals surface area (Å²) in [6, 6.07) is 10.6. The van der Waals surface area contributed by atoms with E-state index in [9.17, 15) is 5.11 Å². The van der Waals surface area contributed by atoms with Gasteiger partial charge in [0.2, 0.25) is 0 Å². The molecule has 0 saturated heterocycles. The van der Waals surface area contributed by atoms with Crippen molar-refractivity contribution in [1.29, 1.82) is 0 Å². The molecular formula is C20H25BO. The van der Waals surface area contributed by atoms with Crippen molar-refractivity contribution in [3.63, 3.8) is 0 Å². The van der Waals surface area contributed by atoms with Gasteiger partial charge in [-0.05, 0) is 55.9 Å². The first kappa shape index (κ1) is 16.7. The molecule has 0 bridgehead atoms. The molecule has 2 heteroatoms. The minimum atomic E-state index is -0.0400. The molecule has 0 unspecified atom stereocenters. The van der Waals surface area contributed by atoms with E-state index in [4.69, 9.17) is 7.85 Å². The van der Waals surface area contributed by atoms with Crippen molar-refractivity contribution in [3.05, 3.63) is 58.1 Å². The fraction of sp³-hybridized carbons (Fsp3) is 0.400. The van der Waals surface area contributed by atoms with Gasteiger partial charge in [-0.2, -0.15) is 0 Å². The Kier molecular flexibility index (Phi) is 4.70. The first-order valence-corrected chi connectivity index (χ1v) is 8.03. The Morgan fingerprint density at radius 2 is 1.36 bits per heavy atom. The van der Waals surface area contributed by atoms with Crippen LogP contribution in [0.4, 0.5) is 0 Å². The second kappa shape index (κ2) is 6.20. The normalized spacial score (nSPS) is 11.7. The van der Waals surface area contributed by atoms with Crippen molar-refractivity contribution in [2.24, 2.45) is 0 Å². The molecule has 114 valence electrons. The van der Waals surface area contributed by atoms with Crippen LogP contribution in [0.3, 0.4) is 0 Å².